The molecule has 0 bridgehead atoms. The van der Waals surface area contributed by atoms with Crippen LogP contribution in [0.5, 0.6) is 0 Å². The van der Waals surface area contributed by atoms with Crippen LogP contribution in [0.3, 0.4) is 0 Å². The molecular weight excluding hydrogens is 254 g/mol. The Bertz CT molecular complexity index is 581. The van der Waals surface area contributed by atoms with Crippen molar-refractivity contribution in [3.8, 4) is 0 Å². The van der Waals surface area contributed by atoms with Crippen LogP contribution in [0.1, 0.15) is 21.9 Å². The number of aromatic nitrogens is 4. The molecule has 7 heteroatoms. The summed E-state index contributed by atoms with van der Waals surface area (Å²) in [6.45, 7) is 2.18. The Hall–Kier alpha value is -1.95. The van der Waals surface area contributed by atoms with Crippen molar-refractivity contribution < 1.29 is 4.79 Å². The molecule has 94 valence electrons. The first kappa shape index (κ1) is 12.5. The maximum absolute atomic E-state index is 11.0. The lowest BCUT2D eigenvalue weighted by Crippen LogP contribution is -2.08. The van der Waals surface area contributed by atoms with Crippen LogP contribution in [0, 0.1) is 6.92 Å². The maximum Gasteiger partial charge on any atom is 0.156 e. The lowest BCUT2D eigenvalue weighted by molar-refractivity contribution is 0.112. The average Bonchev–Trinajstić information content (AvgIpc) is 2.72. The van der Waals surface area contributed by atoms with Gasteiger partial charge < -0.3 is 5.32 Å². The molecule has 0 aliphatic rings. The van der Waals surface area contributed by atoms with E-state index in [4.69, 9.17) is 11.6 Å². The molecule has 0 atom stereocenters. The van der Waals surface area contributed by atoms with E-state index in [2.05, 4.69) is 20.4 Å². The molecular formula is C11H12ClN5O. The first-order chi connectivity index (χ1) is 8.60. The van der Waals surface area contributed by atoms with Gasteiger partial charge in [-0.1, -0.05) is 11.6 Å². The van der Waals surface area contributed by atoms with Gasteiger partial charge in [-0.15, -0.1) is 0 Å². The normalized spacial score (nSPS) is 10.4. The summed E-state index contributed by atoms with van der Waals surface area (Å²) in [6.07, 6.45) is 2.48. The number of rotatable bonds is 4. The zero-order valence-electron chi connectivity index (χ0n) is 10.0. The minimum Gasteiger partial charge on any atom is -0.364 e. The second kappa shape index (κ2) is 5.14. The highest BCUT2D eigenvalue weighted by atomic mass is 35.5. The predicted molar refractivity (Wildman–Crippen MR) is 67.7 cm³/mol. The summed E-state index contributed by atoms with van der Waals surface area (Å²) in [5.41, 5.74) is 1.11. The lowest BCUT2D eigenvalue weighted by Gasteiger charge is -2.08. The van der Waals surface area contributed by atoms with Crippen LogP contribution >= 0.6 is 11.6 Å². The third-order valence-electron chi connectivity index (χ3n) is 2.33. The summed E-state index contributed by atoms with van der Waals surface area (Å²) >= 11 is 5.88. The quantitative estimate of drug-likeness (QED) is 0.671. The van der Waals surface area contributed by atoms with Crippen molar-refractivity contribution in [1.82, 2.24) is 19.7 Å². The van der Waals surface area contributed by atoms with Crippen molar-refractivity contribution in [1.29, 1.82) is 0 Å². The van der Waals surface area contributed by atoms with Gasteiger partial charge in [0, 0.05) is 13.2 Å². The number of carbonyl (C=O) groups excluding carboxylic acids is 1. The number of halogens is 1. The molecule has 0 aliphatic heterocycles. The van der Waals surface area contributed by atoms with E-state index >= 15 is 0 Å². The molecule has 0 aliphatic carbocycles. The number of aryl methyl sites for hydroxylation is 2. The molecule has 0 radical (unpaired) electrons. The fourth-order valence-corrected chi connectivity index (χ4v) is 1.77. The lowest BCUT2D eigenvalue weighted by atomic mass is 10.3. The third kappa shape index (κ3) is 2.65. The van der Waals surface area contributed by atoms with Gasteiger partial charge in [-0.05, 0) is 13.0 Å². The third-order valence-corrected chi connectivity index (χ3v) is 2.62. The van der Waals surface area contributed by atoms with Gasteiger partial charge in [0.05, 0.1) is 17.8 Å². The van der Waals surface area contributed by atoms with Crippen LogP contribution in [0.2, 0.25) is 5.15 Å². The fraction of sp³-hybridized carbons (Fsp3) is 0.273. The van der Waals surface area contributed by atoms with Crippen LogP contribution in [-0.2, 0) is 13.6 Å². The second-order valence-corrected chi connectivity index (χ2v) is 4.13. The molecule has 2 aromatic rings. The molecule has 0 unspecified atom stereocenters. The molecule has 2 aromatic heterocycles. The van der Waals surface area contributed by atoms with Crippen molar-refractivity contribution in [3.63, 3.8) is 0 Å². The molecule has 0 amide bonds. The highest BCUT2D eigenvalue weighted by Crippen LogP contribution is 2.19. The van der Waals surface area contributed by atoms with E-state index in [1.165, 1.54) is 0 Å². The Kier molecular flexibility index (Phi) is 3.57. The van der Waals surface area contributed by atoms with E-state index in [9.17, 15) is 4.79 Å². The summed E-state index contributed by atoms with van der Waals surface area (Å²) in [5.74, 6) is 0.933. The van der Waals surface area contributed by atoms with Crippen LogP contribution < -0.4 is 5.32 Å². The first-order valence-electron chi connectivity index (χ1n) is 5.32. The Morgan fingerprint density at radius 1 is 1.50 bits per heavy atom. The van der Waals surface area contributed by atoms with Crippen LogP contribution in [-0.4, -0.2) is 26.0 Å². The van der Waals surface area contributed by atoms with Crippen LogP contribution in [0.15, 0.2) is 12.3 Å². The van der Waals surface area contributed by atoms with E-state index in [1.54, 1.807) is 11.6 Å². The summed E-state index contributed by atoms with van der Waals surface area (Å²) in [4.78, 5) is 19.0. The molecule has 2 rings (SSSR count). The van der Waals surface area contributed by atoms with Gasteiger partial charge in [-0.25, -0.2) is 9.97 Å². The Labute approximate surface area is 109 Å². The largest absolute Gasteiger partial charge is 0.364 e. The smallest absolute Gasteiger partial charge is 0.156 e. The zero-order valence-corrected chi connectivity index (χ0v) is 10.8. The Morgan fingerprint density at radius 3 is 2.89 bits per heavy atom. The van der Waals surface area contributed by atoms with Crippen LogP contribution in [0.4, 0.5) is 5.82 Å². The fourth-order valence-electron chi connectivity index (χ4n) is 1.52. The van der Waals surface area contributed by atoms with Crippen molar-refractivity contribution in [2.75, 3.05) is 5.32 Å². The average molecular weight is 266 g/mol. The highest BCUT2D eigenvalue weighted by Gasteiger charge is 2.11. The van der Waals surface area contributed by atoms with Gasteiger partial charge in [0.2, 0.25) is 0 Å². The first-order valence-corrected chi connectivity index (χ1v) is 5.69. The number of aldehydes is 1. The molecule has 0 saturated heterocycles. The van der Waals surface area contributed by atoms with Gasteiger partial charge in [0.1, 0.15) is 16.8 Å². The Balaban J connectivity index is 2.20. The monoisotopic (exact) mass is 265 g/mol. The standard InChI is InChI=1S/C11H12ClN5O/c1-7-14-10(12)9(6-18)11(15-7)13-5-8-3-4-17(2)16-8/h3-4,6H,5H2,1-2H3,(H,13,14,15). The van der Waals surface area contributed by atoms with Gasteiger partial charge in [0.15, 0.2) is 6.29 Å². The molecule has 0 spiro atoms. The van der Waals surface area contributed by atoms with Gasteiger partial charge in [0.25, 0.3) is 0 Å². The molecule has 0 saturated carbocycles. The van der Waals surface area contributed by atoms with E-state index in [0.717, 1.165) is 5.69 Å². The topological polar surface area (TPSA) is 72.7 Å². The summed E-state index contributed by atoms with van der Waals surface area (Å²) in [6, 6.07) is 1.88. The molecule has 0 fully saturated rings. The van der Waals surface area contributed by atoms with E-state index in [-0.39, 0.29) is 10.7 Å². The molecule has 2 heterocycles. The number of nitrogens with zero attached hydrogens (tertiary/aromatic N) is 4. The summed E-state index contributed by atoms with van der Waals surface area (Å²) in [5, 5.41) is 7.40. The second-order valence-electron chi connectivity index (χ2n) is 3.78. The van der Waals surface area contributed by atoms with Crippen LogP contribution in [0.25, 0.3) is 0 Å². The molecule has 6 nitrogen and oxygen atoms in total. The number of hydrogen-bond donors (Lipinski definition) is 1. The maximum atomic E-state index is 11.0. The molecule has 0 aromatic carbocycles. The van der Waals surface area contributed by atoms with E-state index < -0.39 is 0 Å². The molecule has 1 N–H and O–H groups in total. The minimum atomic E-state index is 0.154. The van der Waals surface area contributed by atoms with Crippen molar-refractivity contribution in [3.05, 3.63) is 34.5 Å². The predicted octanol–water partition coefficient (Wildman–Crippen LogP) is 1.60. The van der Waals surface area contributed by atoms with Gasteiger partial charge >= 0.3 is 0 Å². The summed E-state index contributed by atoms with van der Waals surface area (Å²) in [7, 11) is 1.84. The number of hydrogen-bond acceptors (Lipinski definition) is 5. The molecule has 18 heavy (non-hydrogen) atoms. The highest BCUT2D eigenvalue weighted by molar-refractivity contribution is 6.32. The SMILES string of the molecule is Cc1nc(Cl)c(C=O)c(NCc2ccn(C)n2)n1. The van der Waals surface area contributed by atoms with Crippen molar-refractivity contribution in [2.45, 2.75) is 13.5 Å². The van der Waals surface area contributed by atoms with Gasteiger partial charge in [-0.3, -0.25) is 9.48 Å². The van der Waals surface area contributed by atoms with E-state index in [0.29, 0.717) is 24.5 Å². The number of anilines is 1. The Morgan fingerprint density at radius 2 is 2.28 bits per heavy atom. The van der Waals surface area contributed by atoms with E-state index in [1.807, 2.05) is 19.3 Å². The summed E-state index contributed by atoms with van der Waals surface area (Å²) < 4.78 is 1.70. The van der Waals surface area contributed by atoms with Gasteiger partial charge in [-0.2, -0.15) is 5.10 Å². The van der Waals surface area contributed by atoms with Crippen molar-refractivity contribution in [2.24, 2.45) is 7.05 Å². The minimum absolute atomic E-state index is 0.154. The zero-order chi connectivity index (χ0) is 13.1. The number of carbonyl (C=O) groups is 1. The number of nitrogens with one attached hydrogen (secondary N) is 1. The van der Waals surface area contributed by atoms with Crippen molar-refractivity contribution >= 4 is 23.7 Å².